The van der Waals surface area contributed by atoms with Gasteiger partial charge in [0.15, 0.2) is 0 Å². The van der Waals surface area contributed by atoms with Crippen LogP contribution in [0.2, 0.25) is 0 Å². The van der Waals surface area contributed by atoms with Gasteiger partial charge in [-0.25, -0.2) is 0 Å². The van der Waals surface area contributed by atoms with Crippen molar-refractivity contribution in [1.82, 2.24) is 0 Å². The molecule has 0 saturated carbocycles. The van der Waals surface area contributed by atoms with E-state index in [2.05, 4.69) is 36.2 Å². The zero-order valence-corrected chi connectivity index (χ0v) is 16.1. The van der Waals surface area contributed by atoms with Crippen LogP contribution in [-0.4, -0.2) is 0 Å². The van der Waals surface area contributed by atoms with Crippen molar-refractivity contribution in [2.75, 3.05) is 5.73 Å². The Morgan fingerprint density at radius 2 is 1.38 bits per heavy atom. The first-order valence-electron chi connectivity index (χ1n) is 5.87. The van der Waals surface area contributed by atoms with Crippen molar-refractivity contribution in [3.8, 4) is 20.9 Å². The molecule has 0 atom stereocenters. The normalized spacial score (nSPS) is 10.8. The predicted molar refractivity (Wildman–Crippen MR) is 102 cm³/mol. The predicted octanol–water partition coefficient (Wildman–Crippen LogP) is 6.61. The Labute approximate surface area is 152 Å². The Morgan fingerprint density at radius 1 is 0.857 bits per heavy atom. The molecule has 2 aromatic heterocycles. The maximum Gasteiger partial charge on any atom is 0.109 e. The first kappa shape index (κ1) is 15.3. The number of anilines is 1. The Morgan fingerprint density at radius 3 is 1.86 bits per heavy atom. The van der Waals surface area contributed by atoms with Gasteiger partial charge in [0.25, 0.3) is 0 Å². The average Bonchev–Trinajstić information content (AvgIpc) is 3.07. The van der Waals surface area contributed by atoms with Crippen molar-refractivity contribution in [1.29, 1.82) is 0 Å². The van der Waals surface area contributed by atoms with Gasteiger partial charge >= 0.3 is 0 Å². The van der Waals surface area contributed by atoms with E-state index >= 15 is 0 Å². The minimum Gasteiger partial charge on any atom is -0.396 e. The summed E-state index contributed by atoms with van der Waals surface area (Å²) in [7, 11) is 0. The van der Waals surface area contributed by atoms with Gasteiger partial charge in [-0.3, -0.25) is 0 Å². The van der Waals surface area contributed by atoms with Crippen molar-refractivity contribution in [3.63, 3.8) is 0 Å². The fourth-order valence-corrected chi connectivity index (χ4v) is 5.07. The maximum atomic E-state index is 6.30. The van der Waals surface area contributed by atoms with Gasteiger partial charge < -0.3 is 5.73 Å². The summed E-state index contributed by atoms with van der Waals surface area (Å²) in [6.07, 6.45) is 0. The van der Waals surface area contributed by atoms with Crippen LogP contribution >= 0.6 is 54.5 Å². The van der Waals surface area contributed by atoms with E-state index in [1.54, 1.807) is 22.7 Å². The highest BCUT2D eigenvalue weighted by atomic mass is 79.9. The molecule has 21 heavy (non-hydrogen) atoms. The Bertz CT molecular complexity index is 823. The van der Waals surface area contributed by atoms with Gasteiger partial charge in [-0.15, -0.1) is 22.7 Å². The number of nitrogens with two attached hydrogens (primary N) is 1. The number of thiophene rings is 2. The summed E-state index contributed by atoms with van der Waals surface area (Å²) >= 11 is 15.2. The number of nitrogens with zero attached hydrogens (tertiary/aromatic N) is 1. The van der Waals surface area contributed by atoms with Crippen molar-refractivity contribution < 1.29 is 0 Å². The largest absolute Gasteiger partial charge is 0.396 e. The van der Waals surface area contributed by atoms with Crippen molar-refractivity contribution in [2.24, 2.45) is 4.36 Å². The Balaban J connectivity index is 2.18. The molecule has 0 unspecified atom stereocenters. The number of hydrogen-bond donors (Lipinski definition) is 1. The molecule has 7 heteroatoms. The van der Waals surface area contributed by atoms with E-state index in [1.807, 2.05) is 36.4 Å². The molecule has 106 valence electrons. The van der Waals surface area contributed by atoms with Crippen LogP contribution in [-0.2, 0) is 12.4 Å². The van der Waals surface area contributed by atoms with Gasteiger partial charge in [0.05, 0.1) is 13.3 Å². The summed E-state index contributed by atoms with van der Waals surface area (Å²) in [5, 5.41) is 0. The Hall–Kier alpha value is -0.600. The van der Waals surface area contributed by atoms with E-state index < -0.39 is 0 Å². The van der Waals surface area contributed by atoms with Crippen LogP contribution in [0.25, 0.3) is 20.9 Å². The molecule has 0 aliphatic rings. The zero-order valence-electron chi connectivity index (χ0n) is 10.5. The van der Waals surface area contributed by atoms with Crippen LogP contribution in [0.4, 0.5) is 11.4 Å². The SMILES string of the molecule is Nc1c(-c2ccc(Br)s2)ccc(-c2ccc(Br)s2)c1N=S. The van der Waals surface area contributed by atoms with E-state index in [0.717, 1.165) is 28.5 Å². The number of halogens is 2. The van der Waals surface area contributed by atoms with Crippen molar-refractivity contribution in [2.45, 2.75) is 0 Å². The van der Waals surface area contributed by atoms with Crippen molar-refractivity contribution in [3.05, 3.63) is 44.0 Å². The fraction of sp³-hybridized carbons (Fsp3) is 0. The zero-order chi connectivity index (χ0) is 15.0. The highest BCUT2D eigenvalue weighted by Crippen LogP contribution is 2.45. The fourth-order valence-electron chi connectivity index (χ4n) is 2.04. The molecule has 0 aliphatic heterocycles. The molecule has 0 radical (unpaired) electrons. The molecule has 0 fully saturated rings. The lowest BCUT2D eigenvalue weighted by molar-refractivity contribution is 1.56. The molecule has 0 saturated heterocycles. The molecule has 0 bridgehead atoms. The number of hydrogen-bond acceptors (Lipinski definition) is 5. The van der Waals surface area contributed by atoms with E-state index in [0.29, 0.717) is 11.4 Å². The van der Waals surface area contributed by atoms with Crippen LogP contribution in [0.15, 0.2) is 48.3 Å². The maximum absolute atomic E-state index is 6.30. The van der Waals surface area contributed by atoms with Gasteiger partial charge in [-0.05, 0) is 56.1 Å². The third-order valence-corrected chi connectivity index (χ3v) is 6.48. The highest BCUT2D eigenvalue weighted by molar-refractivity contribution is 9.11. The standard InChI is InChI=1S/C14H8Br2N2S3/c15-11-5-3-9(20-11)7-1-2-8(14(18-19)13(7)17)10-4-6-12(16)21-10/h1-6H,17H2. The average molecular weight is 460 g/mol. The second kappa shape index (κ2) is 6.26. The number of nitrogen functional groups attached to an aromatic ring is 1. The topological polar surface area (TPSA) is 38.4 Å². The number of benzene rings is 1. The highest BCUT2D eigenvalue weighted by Gasteiger charge is 2.15. The summed E-state index contributed by atoms with van der Waals surface area (Å²) in [6.45, 7) is 0. The first-order valence-corrected chi connectivity index (χ1v) is 9.46. The van der Waals surface area contributed by atoms with Crippen LogP contribution in [0.3, 0.4) is 0 Å². The molecular weight excluding hydrogens is 452 g/mol. The van der Waals surface area contributed by atoms with E-state index in [4.69, 9.17) is 18.2 Å². The van der Waals surface area contributed by atoms with Crippen LogP contribution < -0.4 is 5.73 Å². The van der Waals surface area contributed by atoms with Crippen LogP contribution in [0.1, 0.15) is 0 Å². The third-order valence-electron chi connectivity index (χ3n) is 2.99. The van der Waals surface area contributed by atoms with Gasteiger partial charge in [0.2, 0.25) is 0 Å². The van der Waals surface area contributed by atoms with Gasteiger partial charge in [-0.1, -0.05) is 12.1 Å². The lowest BCUT2D eigenvalue weighted by Gasteiger charge is -2.10. The first-order chi connectivity index (χ1) is 10.1. The second-order valence-corrected chi connectivity index (χ2v) is 9.33. The summed E-state index contributed by atoms with van der Waals surface area (Å²) in [6, 6.07) is 12.1. The third kappa shape index (κ3) is 2.98. The molecule has 3 rings (SSSR count). The minimum atomic E-state index is 0.626. The smallest absolute Gasteiger partial charge is 0.109 e. The quantitative estimate of drug-likeness (QED) is 0.447. The molecule has 2 nitrogen and oxygen atoms in total. The Kier molecular flexibility index (Phi) is 4.56. The van der Waals surface area contributed by atoms with Crippen LogP contribution in [0, 0.1) is 0 Å². The monoisotopic (exact) mass is 458 g/mol. The summed E-state index contributed by atoms with van der Waals surface area (Å²) < 4.78 is 6.13. The van der Waals surface area contributed by atoms with Crippen molar-refractivity contribution >= 4 is 78.3 Å². The summed E-state index contributed by atoms with van der Waals surface area (Å²) in [5.41, 5.74) is 9.53. The summed E-state index contributed by atoms with van der Waals surface area (Å²) in [5.74, 6) is 0. The molecule has 2 N–H and O–H groups in total. The van der Waals surface area contributed by atoms with Gasteiger partial charge in [0.1, 0.15) is 5.69 Å². The molecule has 0 spiro atoms. The summed E-state index contributed by atoms with van der Waals surface area (Å²) in [4.78, 5) is 2.19. The molecule has 0 amide bonds. The van der Waals surface area contributed by atoms with Gasteiger partial charge in [0, 0.05) is 33.3 Å². The molecular formula is C14H8Br2N2S3. The van der Waals surface area contributed by atoms with E-state index in [1.165, 1.54) is 0 Å². The number of rotatable bonds is 3. The van der Waals surface area contributed by atoms with Crippen LogP contribution in [0.5, 0.6) is 0 Å². The minimum absolute atomic E-state index is 0.626. The van der Waals surface area contributed by atoms with E-state index in [-0.39, 0.29) is 0 Å². The lowest BCUT2D eigenvalue weighted by Crippen LogP contribution is -1.91. The molecule has 1 aromatic carbocycles. The van der Waals surface area contributed by atoms with Gasteiger partial charge in [-0.2, -0.15) is 4.36 Å². The molecule has 0 aliphatic carbocycles. The molecule has 3 aromatic rings. The van der Waals surface area contributed by atoms with E-state index in [9.17, 15) is 0 Å². The second-order valence-electron chi connectivity index (χ2n) is 4.22. The molecule has 2 heterocycles. The lowest BCUT2D eigenvalue weighted by atomic mass is 10.0.